The van der Waals surface area contributed by atoms with Crippen molar-refractivity contribution in [1.82, 2.24) is 15.5 Å². The Balaban J connectivity index is 1.87. The molecule has 2 atom stereocenters. The second-order valence-corrected chi connectivity index (χ2v) is 6.28. The summed E-state index contributed by atoms with van der Waals surface area (Å²) in [5.74, 6) is 0.791. The van der Waals surface area contributed by atoms with Crippen molar-refractivity contribution in [3.8, 4) is 0 Å². The van der Waals surface area contributed by atoms with Crippen molar-refractivity contribution in [2.75, 3.05) is 26.2 Å². The molecule has 3 N–H and O–H groups in total. The number of nitrogens with one attached hydrogen (secondary N) is 2. The Morgan fingerprint density at radius 3 is 2.45 bits per heavy atom. The standard InChI is InChI=1S/C17H27N3O2/c1-13-10-20(12-15-6-4-3-5-7-15)11-14(2)16(13)19-17(22)18-8-9-21/h3-7,13-14,16,21H,8-12H2,1-2H3,(H2,18,19,22). The number of piperidine rings is 1. The van der Waals surface area contributed by atoms with E-state index in [9.17, 15) is 4.79 Å². The summed E-state index contributed by atoms with van der Waals surface area (Å²) in [4.78, 5) is 14.2. The van der Waals surface area contributed by atoms with E-state index in [4.69, 9.17) is 5.11 Å². The number of benzene rings is 1. The Morgan fingerprint density at radius 1 is 1.23 bits per heavy atom. The summed E-state index contributed by atoms with van der Waals surface area (Å²) in [6.07, 6.45) is 0. The first-order valence-corrected chi connectivity index (χ1v) is 8.01. The van der Waals surface area contributed by atoms with Crippen molar-refractivity contribution in [3.05, 3.63) is 35.9 Å². The average molecular weight is 305 g/mol. The van der Waals surface area contributed by atoms with Crippen LogP contribution in [0.1, 0.15) is 19.4 Å². The molecule has 5 heteroatoms. The summed E-state index contributed by atoms with van der Waals surface area (Å²) in [7, 11) is 0. The molecule has 1 aromatic rings. The number of nitrogens with zero attached hydrogens (tertiary/aromatic N) is 1. The Kier molecular flexibility index (Phi) is 6.21. The van der Waals surface area contributed by atoms with Crippen molar-refractivity contribution in [2.24, 2.45) is 11.8 Å². The molecule has 1 heterocycles. The summed E-state index contributed by atoms with van der Waals surface area (Å²) >= 11 is 0. The Bertz CT molecular complexity index is 454. The highest BCUT2D eigenvalue weighted by Gasteiger charge is 2.32. The molecule has 0 aromatic heterocycles. The number of amides is 2. The lowest BCUT2D eigenvalue weighted by Crippen LogP contribution is -2.56. The lowest BCUT2D eigenvalue weighted by molar-refractivity contribution is 0.0980. The van der Waals surface area contributed by atoms with Crippen LogP contribution in [0.4, 0.5) is 4.79 Å². The molecule has 0 spiro atoms. The van der Waals surface area contributed by atoms with Crippen molar-refractivity contribution < 1.29 is 9.90 Å². The van der Waals surface area contributed by atoms with E-state index in [1.165, 1.54) is 5.56 Å². The van der Waals surface area contributed by atoms with E-state index in [0.29, 0.717) is 18.4 Å². The van der Waals surface area contributed by atoms with Crippen LogP contribution >= 0.6 is 0 Å². The second kappa shape index (κ2) is 8.15. The van der Waals surface area contributed by atoms with Crippen LogP contribution in [0.3, 0.4) is 0 Å². The second-order valence-electron chi connectivity index (χ2n) is 6.28. The number of hydrogen-bond donors (Lipinski definition) is 3. The van der Waals surface area contributed by atoms with Crippen LogP contribution in [0.25, 0.3) is 0 Å². The van der Waals surface area contributed by atoms with Crippen LogP contribution in [0, 0.1) is 11.8 Å². The van der Waals surface area contributed by atoms with Gasteiger partial charge >= 0.3 is 6.03 Å². The third-order valence-corrected chi connectivity index (χ3v) is 4.26. The number of aliphatic hydroxyl groups excluding tert-OH is 1. The van der Waals surface area contributed by atoms with Gasteiger partial charge in [0, 0.05) is 32.2 Å². The molecule has 0 radical (unpaired) electrons. The van der Waals surface area contributed by atoms with E-state index >= 15 is 0 Å². The topological polar surface area (TPSA) is 64.6 Å². The van der Waals surface area contributed by atoms with Gasteiger partial charge in [-0.2, -0.15) is 0 Å². The van der Waals surface area contributed by atoms with E-state index in [1.807, 2.05) is 6.07 Å². The van der Waals surface area contributed by atoms with Crippen LogP contribution in [0.5, 0.6) is 0 Å². The highest BCUT2D eigenvalue weighted by Crippen LogP contribution is 2.23. The van der Waals surface area contributed by atoms with E-state index in [0.717, 1.165) is 19.6 Å². The fourth-order valence-electron chi connectivity index (χ4n) is 3.30. The zero-order valence-corrected chi connectivity index (χ0v) is 13.5. The highest BCUT2D eigenvalue weighted by atomic mass is 16.3. The lowest BCUT2D eigenvalue weighted by Gasteiger charge is -2.41. The number of carbonyl (C=O) groups is 1. The van der Waals surface area contributed by atoms with Gasteiger partial charge < -0.3 is 15.7 Å². The lowest BCUT2D eigenvalue weighted by atomic mass is 9.85. The summed E-state index contributed by atoms with van der Waals surface area (Å²) in [6.45, 7) is 7.54. The largest absolute Gasteiger partial charge is 0.395 e. The van der Waals surface area contributed by atoms with Gasteiger partial charge in [0.15, 0.2) is 0 Å². The van der Waals surface area contributed by atoms with Crippen LogP contribution < -0.4 is 10.6 Å². The fraction of sp³-hybridized carbons (Fsp3) is 0.588. The van der Waals surface area contributed by atoms with Gasteiger partial charge in [-0.3, -0.25) is 4.90 Å². The molecule has 122 valence electrons. The number of carbonyl (C=O) groups excluding carboxylic acids is 1. The van der Waals surface area contributed by atoms with E-state index < -0.39 is 0 Å². The van der Waals surface area contributed by atoms with Gasteiger partial charge in [0.1, 0.15) is 0 Å². The van der Waals surface area contributed by atoms with E-state index in [2.05, 4.69) is 53.6 Å². The predicted octanol–water partition coefficient (Wildman–Crippen LogP) is 1.43. The first kappa shape index (κ1) is 16.8. The van der Waals surface area contributed by atoms with Gasteiger partial charge in [0.25, 0.3) is 0 Å². The van der Waals surface area contributed by atoms with Gasteiger partial charge in [0.05, 0.1) is 6.61 Å². The molecule has 1 fully saturated rings. The highest BCUT2D eigenvalue weighted by molar-refractivity contribution is 5.74. The van der Waals surface area contributed by atoms with Gasteiger partial charge in [0.2, 0.25) is 0 Å². The molecule has 5 nitrogen and oxygen atoms in total. The molecule has 0 bridgehead atoms. The quantitative estimate of drug-likeness (QED) is 0.771. The average Bonchev–Trinajstić information content (AvgIpc) is 2.50. The number of hydrogen-bond acceptors (Lipinski definition) is 3. The summed E-state index contributed by atoms with van der Waals surface area (Å²) in [5.41, 5.74) is 1.33. The summed E-state index contributed by atoms with van der Waals surface area (Å²) in [5, 5.41) is 14.5. The molecule has 0 aliphatic carbocycles. The Morgan fingerprint density at radius 2 is 1.86 bits per heavy atom. The third kappa shape index (κ3) is 4.71. The molecule has 1 aliphatic heterocycles. The van der Waals surface area contributed by atoms with Crippen molar-refractivity contribution in [3.63, 3.8) is 0 Å². The van der Waals surface area contributed by atoms with Crippen LogP contribution in [-0.2, 0) is 6.54 Å². The Labute approximate surface area is 132 Å². The summed E-state index contributed by atoms with van der Waals surface area (Å²) < 4.78 is 0. The number of urea groups is 1. The smallest absolute Gasteiger partial charge is 0.315 e. The first-order chi connectivity index (χ1) is 10.6. The van der Waals surface area contributed by atoms with E-state index in [-0.39, 0.29) is 18.7 Å². The van der Waals surface area contributed by atoms with E-state index in [1.54, 1.807) is 0 Å². The molecular weight excluding hydrogens is 278 g/mol. The maximum absolute atomic E-state index is 11.8. The molecule has 2 unspecified atom stereocenters. The minimum Gasteiger partial charge on any atom is -0.395 e. The van der Waals surface area contributed by atoms with Crippen molar-refractivity contribution in [1.29, 1.82) is 0 Å². The molecule has 1 saturated heterocycles. The molecule has 22 heavy (non-hydrogen) atoms. The fourth-order valence-corrected chi connectivity index (χ4v) is 3.30. The van der Waals surface area contributed by atoms with Gasteiger partial charge in [-0.1, -0.05) is 44.2 Å². The molecule has 1 aromatic carbocycles. The molecule has 1 aliphatic rings. The van der Waals surface area contributed by atoms with Crippen molar-refractivity contribution >= 4 is 6.03 Å². The predicted molar refractivity (Wildman–Crippen MR) is 87.5 cm³/mol. The minimum absolute atomic E-state index is 0.0337. The van der Waals surface area contributed by atoms with Gasteiger partial charge in [-0.15, -0.1) is 0 Å². The van der Waals surface area contributed by atoms with Crippen LogP contribution in [0.15, 0.2) is 30.3 Å². The first-order valence-electron chi connectivity index (χ1n) is 8.01. The molecule has 0 saturated carbocycles. The number of rotatable bonds is 5. The summed E-state index contributed by atoms with van der Waals surface area (Å²) in [6, 6.07) is 10.5. The normalized spacial score (nSPS) is 25.7. The SMILES string of the molecule is CC1CN(Cc2ccccc2)CC(C)C1NC(=O)NCCO. The molecule has 2 rings (SSSR count). The Hall–Kier alpha value is -1.59. The molecular formula is C17H27N3O2. The maximum Gasteiger partial charge on any atom is 0.315 e. The van der Waals surface area contributed by atoms with Crippen molar-refractivity contribution in [2.45, 2.75) is 26.4 Å². The third-order valence-electron chi connectivity index (χ3n) is 4.26. The van der Waals surface area contributed by atoms with Gasteiger partial charge in [-0.25, -0.2) is 4.79 Å². The van der Waals surface area contributed by atoms with Gasteiger partial charge in [-0.05, 0) is 17.4 Å². The molecule has 2 amide bonds. The van der Waals surface area contributed by atoms with Crippen LogP contribution in [0.2, 0.25) is 0 Å². The zero-order valence-electron chi connectivity index (χ0n) is 13.5. The minimum atomic E-state index is -0.186. The van der Waals surface area contributed by atoms with Crippen LogP contribution in [-0.4, -0.2) is 48.3 Å². The number of aliphatic hydroxyl groups is 1. The number of likely N-dealkylation sites (tertiary alicyclic amines) is 1. The monoisotopic (exact) mass is 305 g/mol. The zero-order chi connectivity index (χ0) is 15.9. The maximum atomic E-state index is 11.8.